The molecule has 0 radical (unpaired) electrons. The number of rotatable bonds is 5. The molecule has 1 aromatic rings. The van der Waals surface area contributed by atoms with E-state index in [4.69, 9.17) is 0 Å². The first-order valence-electron chi connectivity index (χ1n) is 6.14. The van der Waals surface area contributed by atoms with Crippen LogP contribution in [0.4, 0.5) is 5.00 Å². The van der Waals surface area contributed by atoms with Gasteiger partial charge in [-0.25, -0.2) is 0 Å². The summed E-state index contributed by atoms with van der Waals surface area (Å²) in [5.74, 6) is 0.241. The zero-order chi connectivity index (χ0) is 12.1. The standard InChI is InChI=1S/C11H18N4OS/c1-2-6-12-11-9(13-14-17-11)8-15-7-4-3-5-10(15)16/h12H,2-8H2,1H3. The molecule has 0 bridgehead atoms. The summed E-state index contributed by atoms with van der Waals surface area (Å²) in [5.41, 5.74) is 0.902. The van der Waals surface area contributed by atoms with E-state index in [-0.39, 0.29) is 5.91 Å². The molecule has 0 atom stereocenters. The number of aromatic nitrogens is 2. The fraction of sp³-hybridized carbons (Fsp3) is 0.727. The Kier molecular flexibility index (Phi) is 4.30. The first-order valence-corrected chi connectivity index (χ1v) is 6.91. The van der Waals surface area contributed by atoms with Crippen molar-refractivity contribution in [1.82, 2.24) is 14.5 Å². The van der Waals surface area contributed by atoms with E-state index in [2.05, 4.69) is 21.8 Å². The van der Waals surface area contributed by atoms with Crippen molar-refractivity contribution in [2.24, 2.45) is 0 Å². The molecule has 2 rings (SSSR count). The van der Waals surface area contributed by atoms with Gasteiger partial charge in [0.2, 0.25) is 5.91 Å². The minimum Gasteiger partial charge on any atom is -0.374 e. The molecule has 0 spiro atoms. The van der Waals surface area contributed by atoms with E-state index in [1.807, 2.05) is 4.90 Å². The summed E-state index contributed by atoms with van der Waals surface area (Å²) in [7, 11) is 0. The van der Waals surface area contributed by atoms with Gasteiger partial charge in [-0.1, -0.05) is 11.4 Å². The predicted octanol–water partition coefficient (Wildman–Crippen LogP) is 1.87. The van der Waals surface area contributed by atoms with E-state index in [1.54, 1.807) is 0 Å². The number of hydrogen-bond donors (Lipinski definition) is 1. The zero-order valence-corrected chi connectivity index (χ0v) is 10.9. The van der Waals surface area contributed by atoms with Crippen LogP contribution in [-0.4, -0.2) is 33.5 Å². The fourth-order valence-electron chi connectivity index (χ4n) is 1.89. The molecule has 0 aliphatic carbocycles. The molecule has 1 saturated heterocycles. The van der Waals surface area contributed by atoms with Crippen LogP contribution in [0, 0.1) is 0 Å². The van der Waals surface area contributed by atoms with Crippen LogP contribution < -0.4 is 5.32 Å². The molecule has 1 aromatic heterocycles. The number of likely N-dealkylation sites (tertiary alicyclic amines) is 1. The summed E-state index contributed by atoms with van der Waals surface area (Å²) < 4.78 is 3.96. The second-order valence-electron chi connectivity index (χ2n) is 4.25. The molecule has 1 aliphatic heterocycles. The molecular formula is C11H18N4OS. The lowest BCUT2D eigenvalue weighted by Gasteiger charge is -2.26. The van der Waals surface area contributed by atoms with Crippen LogP contribution in [0.25, 0.3) is 0 Å². The Bertz CT molecular complexity index is 379. The molecule has 6 heteroatoms. The minimum atomic E-state index is 0.241. The van der Waals surface area contributed by atoms with E-state index in [0.717, 1.165) is 43.0 Å². The van der Waals surface area contributed by atoms with Crippen LogP contribution in [0.2, 0.25) is 0 Å². The number of carbonyl (C=O) groups is 1. The normalized spacial score (nSPS) is 16.3. The number of hydrogen-bond acceptors (Lipinski definition) is 5. The van der Waals surface area contributed by atoms with Crippen LogP contribution in [0.3, 0.4) is 0 Å². The SMILES string of the molecule is CCCNc1snnc1CN1CCCCC1=O. The monoisotopic (exact) mass is 254 g/mol. The summed E-state index contributed by atoms with van der Waals surface area (Å²) >= 11 is 1.37. The first-order chi connectivity index (χ1) is 8.31. The van der Waals surface area contributed by atoms with Crippen molar-refractivity contribution in [3.8, 4) is 0 Å². The second-order valence-corrected chi connectivity index (χ2v) is 5.00. The van der Waals surface area contributed by atoms with Crippen molar-refractivity contribution in [3.05, 3.63) is 5.69 Å². The van der Waals surface area contributed by atoms with Crippen LogP contribution in [0.5, 0.6) is 0 Å². The van der Waals surface area contributed by atoms with Crippen molar-refractivity contribution < 1.29 is 4.79 Å². The van der Waals surface area contributed by atoms with Crippen molar-refractivity contribution in [3.63, 3.8) is 0 Å². The summed E-state index contributed by atoms with van der Waals surface area (Å²) in [6.45, 7) is 4.49. The van der Waals surface area contributed by atoms with Gasteiger partial charge < -0.3 is 10.2 Å². The lowest BCUT2D eigenvalue weighted by atomic mass is 10.1. The maximum absolute atomic E-state index is 11.7. The smallest absolute Gasteiger partial charge is 0.222 e. The highest BCUT2D eigenvalue weighted by Crippen LogP contribution is 2.21. The Morgan fingerprint density at radius 3 is 3.12 bits per heavy atom. The van der Waals surface area contributed by atoms with Gasteiger partial charge in [0.05, 0.1) is 6.54 Å². The third-order valence-corrected chi connectivity index (χ3v) is 3.58. The van der Waals surface area contributed by atoms with Crippen LogP contribution in [0.1, 0.15) is 38.3 Å². The van der Waals surface area contributed by atoms with Crippen molar-refractivity contribution >= 4 is 22.4 Å². The van der Waals surface area contributed by atoms with Crippen LogP contribution >= 0.6 is 11.5 Å². The van der Waals surface area contributed by atoms with Gasteiger partial charge in [0.1, 0.15) is 10.7 Å². The summed E-state index contributed by atoms with van der Waals surface area (Å²) in [6, 6.07) is 0. The Morgan fingerprint density at radius 2 is 2.35 bits per heavy atom. The number of carbonyl (C=O) groups excluding carboxylic acids is 1. The highest BCUT2D eigenvalue weighted by molar-refractivity contribution is 7.10. The average Bonchev–Trinajstić information content (AvgIpc) is 2.77. The molecule has 1 aliphatic rings. The maximum atomic E-state index is 11.7. The fourth-order valence-corrected chi connectivity index (χ4v) is 2.49. The Hall–Kier alpha value is -1.17. The average molecular weight is 254 g/mol. The number of anilines is 1. The second kappa shape index (κ2) is 5.95. The Labute approximate surface area is 105 Å². The van der Waals surface area contributed by atoms with Gasteiger partial charge in [-0.3, -0.25) is 4.79 Å². The zero-order valence-electron chi connectivity index (χ0n) is 10.1. The topological polar surface area (TPSA) is 58.1 Å². The van der Waals surface area contributed by atoms with Gasteiger partial charge in [0.25, 0.3) is 0 Å². The Morgan fingerprint density at radius 1 is 1.47 bits per heavy atom. The third kappa shape index (κ3) is 3.15. The Balaban J connectivity index is 1.97. The van der Waals surface area contributed by atoms with Crippen LogP contribution in [0.15, 0.2) is 0 Å². The van der Waals surface area contributed by atoms with Gasteiger partial charge in [-0.15, -0.1) is 5.10 Å². The number of nitrogens with zero attached hydrogens (tertiary/aromatic N) is 3. The van der Waals surface area contributed by atoms with Gasteiger partial charge >= 0.3 is 0 Å². The highest BCUT2D eigenvalue weighted by Gasteiger charge is 2.20. The summed E-state index contributed by atoms with van der Waals surface area (Å²) in [5, 5.41) is 8.42. The van der Waals surface area contributed by atoms with E-state index >= 15 is 0 Å². The molecule has 94 valence electrons. The molecule has 0 unspecified atom stereocenters. The number of amides is 1. The molecule has 1 fully saturated rings. The molecule has 17 heavy (non-hydrogen) atoms. The van der Waals surface area contributed by atoms with E-state index in [0.29, 0.717) is 13.0 Å². The van der Waals surface area contributed by atoms with Gasteiger partial charge in [-0.2, -0.15) is 0 Å². The van der Waals surface area contributed by atoms with Gasteiger partial charge in [0.15, 0.2) is 0 Å². The lowest BCUT2D eigenvalue weighted by molar-refractivity contribution is -0.133. The lowest BCUT2D eigenvalue weighted by Crippen LogP contribution is -2.34. The molecule has 1 N–H and O–H groups in total. The van der Waals surface area contributed by atoms with Crippen molar-refractivity contribution in [2.75, 3.05) is 18.4 Å². The first kappa shape index (κ1) is 12.3. The van der Waals surface area contributed by atoms with Crippen molar-refractivity contribution in [2.45, 2.75) is 39.2 Å². The van der Waals surface area contributed by atoms with Gasteiger partial charge in [-0.05, 0) is 19.3 Å². The minimum absolute atomic E-state index is 0.241. The van der Waals surface area contributed by atoms with Gasteiger partial charge in [0, 0.05) is 31.0 Å². The number of nitrogens with one attached hydrogen (secondary N) is 1. The largest absolute Gasteiger partial charge is 0.374 e. The molecule has 5 nitrogen and oxygen atoms in total. The molecule has 2 heterocycles. The number of piperidine rings is 1. The van der Waals surface area contributed by atoms with Crippen LogP contribution in [-0.2, 0) is 11.3 Å². The quantitative estimate of drug-likeness (QED) is 0.871. The molecule has 0 aromatic carbocycles. The van der Waals surface area contributed by atoms with E-state index in [1.165, 1.54) is 11.5 Å². The molecule has 0 saturated carbocycles. The highest BCUT2D eigenvalue weighted by atomic mass is 32.1. The summed E-state index contributed by atoms with van der Waals surface area (Å²) in [4.78, 5) is 13.6. The predicted molar refractivity (Wildman–Crippen MR) is 68.0 cm³/mol. The molecule has 1 amide bonds. The van der Waals surface area contributed by atoms with E-state index < -0.39 is 0 Å². The summed E-state index contributed by atoms with van der Waals surface area (Å²) in [6.07, 6.45) is 3.86. The third-order valence-electron chi connectivity index (χ3n) is 2.85. The molecular weight excluding hydrogens is 236 g/mol. The van der Waals surface area contributed by atoms with Crippen molar-refractivity contribution in [1.29, 1.82) is 0 Å². The maximum Gasteiger partial charge on any atom is 0.222 e. The van der Waals surface area contributed by atoms with E-state index in [9.17, 15) is 4.79 Å².